The third-order valence-electron chi connectivity index (χ3n) is 4.66. The molecule has 1 N–H and O–H groups in total. The molecule has 0 unspecified atom stereocenters. The number of hydrogen-bond acceptors (Lipinski definition) is 7. The number of rotatable bonds is 5. The second-order valence-corrected chi connectivity index (χ2v) is 7.94. The van der Waals surface area contributed by atoms with Crippen molar-refractivity contribution < 1.29 is 4.74 Å². The molecule has 0 saturated heterocycles. The van der Waals surface area contributed by atoms with Crippen molar-refractivity contribution in [3.8, 4) is 23.4 Å². The van der Waals surface area contributed by atoms with Crippen molar-refractivity contribution in [1.82, 2.24) is 24.5 Å². The highest BCUT2D eigenvalue weighted by Gasteiger charge is 2.16. The maximum atomic E-state index is 12.2. The molecule has 2 heterocycles. The van der Waals surface area contributed by atoms with Crippen LogP contribution in [0.4, 0.5) is 0 Å². The molecule has 0 radical (unpaired) electrons. The van der Waals surface area contributed by atoms with Crippen molar-refractivity contribution in [3.05, 3.63) is 107 Å². The predicted octanol–water partition coefficient (Wildman–Crippen LogP) is 2.81. The highest BCUT2D eigenvalue weighted by Crippen LogP contribution is 2.37. The van der Waals surface area contributed by atoms with Crippen LogP contribution in [-0.4, -0.2) is 24.5 Å². The van der Waals surface area contributed by atoms with Gasteiger partial charge in [0.2, 0.25) is 11.6 Å². The SMILES string of the molecule is Cc1ccc(Cn2nc(Oc3c(Cl)cc(-n4nc(C#N)c(=O)[nH]c4=O)cc3Cl)ccc2=O)cc1. The largest absolute Gasteiger partial charge is 0.434 e. The van der Waals surface area contributed by atoms with E-state index >= 15 is 0 Å². The average molecular weight is 497 g/mol. The summed E-state index contributed by atoms with van der Waals surface area (Å²) in [6.07, 6.45) is 0. The summed E-state index contributed by atoms with van der Waals surface area (Å²) in [5, 5.41) is 16.9. The van der Waals surface area contributed by atoms with Gasteiger partial charge in [-0.1, -0.05) is 53.0 Å². The van der Waals surface area contributed by atoms with Gasteiger partial charge < -0.3 is 4.74 Å². The minimum Gasteiger partial charge on any atom is -0.434 e. The normalized spacial score (nSPS) is 10.6. The molecule has 10 nitrogen and oxygen atoms in total. The first-order chi connectivity index (χ1) is 16.2. The number of aromatic nitrogens is 5. The van der Waals surface area contributed by atoms with E-state index in [1.807, 2.05) is 36.2 Å². The number of H-pyrrole nitrogens is 1. The van der Waals surface area contributed by atoms with Crippen LogP contribution < -0.4 is 21.5 Å². The van der Waals surface area contributed by atoms with Gasteiger partial charge in [0.25, 0.3) is 11.1 Å². The lowest BCUT2D eigenvalue weighted by atomic mass is 10.1. The zero-order valence-corrected chi connectivity index (χ0v) is 19.0. The van der Waals surface area contributed by atoms with Crippen molar-refractivity contribution in [3.63, 3.8) is 0 Å². The Morgan fingerprint density at radius 3 is 2.35 bits per heavy atom. The van der Waals surface area contributed by atoms with Crippen molar-refractivity contribution in [2.75, 3.05) is 0 Å². The van der Waals surface area contributed by atoms with Gasteiger partial charge >= 0.3 is 5.69 Å². The summed E-state index contributed by atoms with van der Waals surface area (Å²) in [6.45, 7) is 2.20. The molecule has 4 rings (SSSR count). The molecular formula is C22H14Cl2N6O4. The van der Waals surface area contributed by atoms with Crippen molar-refractivity contribution in [2.24, 2.45) is 0 Å². The summed E-state index contributed by atoms with van der Waals surface area (Å²) in [4.78, 5) is 37.9. The first-order valence-electron chi connectivity index (χ1n) is 9.70. The molecule has 2 aromatic heterocycles. The van der Waals surface area contributed by atoms with Gasteiger partial charge in [-0.05, 0) is 24.6 Å². The van der Waals surface area contributed by atoms with Gasteiger partial charge in [0.15, 0.2) is 5.75 Å². The minimum atomic E-state index is -0.910. The van der Waals surface area contributed by atoms with Crippen LogP contribution >= 0.6 is 23.2 Å². The lowest BCUT2D eigenvalue weighted by Gasteiger charge is -2.12. The Hall–Kier alpha value is -4.20. The van der Waals surface area contributed by atoms with E-state index in [4.69, 9.17) is 33.2 Å². The number of nitrogens with zero attached hydrogens (tertiary/aromatic N) is 5. The Kier molecular flexibility index (Phi) is 6.32. The maximum absolute atomic E-state index is 12.2. The first-order valence-corrected chi connectivity index (χ1v) is 10.5. The van der Waals surface area contributed by atoms with E-state index in [0.717, 1.165) is 15.8 Å². The Morgan fingerprint density at radius 1 is 1.03 bits per heavy atom. The predicted molar refractivity (Wildman–Crippen MR) is 124 cm³/mol. The summed E-state index contributed by atoms with van der Waals surface area (Å²) in [5.41, 5.74) is -0.547. The van der Waals surface area contributed by atoms with Gasteiger partial charge in [-0.2, -0.15) is 9.94 Å². The van der Waals surface area contributed by atoms with E-state index < -0.39 is 16.9 Å². The van der Waals surface area contributed by atoms with E-state index in [1.54, 1.807) is 6.07 Å². The summed E-state index contributed by atoms with van der Waals surface area (Å²) in [6, 6.07) is 14.6. The Morgan fingerprint density at radius 2 is 1.71 bits per heavy atom. The molecule has 0 bridgehead atoms. The fourth-order valence-corrected chi connectivity index (χ4v) is 3.54. The van der Waals surface area contributed by atoms with E-state index in [9.17, 15) is 14.4 Å². The summed E-state index contributed by atoms with van der Waals surface area (Å²) >= 11 is 12.6. The van der Waals surface area contributed by atoms with Crippen LogP contribution in [0.25, 0.3) is 5.69 Å². The molecule has 34 heavy (non-hydrogen) atoms. The summed E-state index contributed by atoms with van der Waals surface area (Å²) in [5.74, 6) is 0.0902. The highest BCUT2D eigenvalue weighted by atomic mass is 35.5. The lowest BCUT2D eigenvalue weighted by molar-refractivity contribution is 0.435. The number of nitrogens with one attached hydrogen (secondary N) is 1. The number of aromatic amines is 1. The van der Waals surface area contributed by atoms with Crippen LogP contribution in [0.1, 0.15) is 16.8 Å². The molecule has 12 heteroatoms. The fraction of sp³-hybridized carbons (Fsp3) is 0.0909. The molecule has 0 aliphatic rings. The fourth-order valence-electron chi connectivity index (χ4n) is 2.98. The third kappa shape index (κ3) is 4.76. The molecule has 0 atom stereocenters. The summed E-state index contributed by atoms with van der Waals surface area (Å²) < 4.78 is 7.74. The molecule has 170 valence electrons. The minimum absolute atomic E-state index is 0.000933. The number of ether oxygens (including phenoxy) is 1. The molecule has 0 aliphatic carbocycles. The van der Waals surface area contributed by atoms with Crippen LogP contribution in [0.5, 0.6) is 11.6 Å². The number of benzene rings is 2. The second kappa shape index (κ2) is 9.35. The van der Waals surface area contributed by atoms with Gasteiger partial charge in [0.1, 0.15) is 6.07 Å². The Bertz CT molecular complexity index is 1590. The zero-order chi connectivity index (χ0) is 24.4. The van der Waals surface area contributed by atoms with Crippen LogP contribution in [0.2, 0.25) is 10.0 Å². The topological polar surface area (TPSA) is 136 Å². The quantitative estimate of drug-likeness (QED) is 0.448. The smallest absolute Gasteiger partial charge is 0.349 e. The number of hydrogen-bond donors (Lipinski definition) is 1. The molecule has 0 spiro atoms. The molecule has 0 saturated carbocycles. The molecule has 0 fully saturated rings. The maximum Gasteiger partial charge on any atom is 0.349 e. The Labute approximate surface area is 201 Å². The van der Waals surface area contributed by atoms with Crippen LogP contribution in [0.15, 0.2) is 62.9 Å². The van der Waals surface area contributed by atoms with Gasteiger partial charge in [0, 0.05) is 12.1 Å². The lowest BCUT2D eigenvalue weighted by Crippen LogP contribution is -2.33. The third-order valence-corrected chi connectivity index (χ3v) is 5.22. The molecule has 0 aliphatic heterocycles. The van der Waals surface area contributed by atoms with E-state index in [1.165, 1.54) is 28.9 Å². The van der Waals surface area contributed by atoms with Crippen LogP contribution in [0.3, 0.4) is 0 Å². The number of halogens is 2. The second-order valence-electron chi connectivity index (χ2n) is 7.13. The van der Waals surface area contributed by atoms with E-state index in [-0.39, 0.29) is 39.5 Å². The monoisotopic (exact) mass is 496 g/mol. The molecule has 2 aromatic carbocycles. The van der Waals surface area contributed by atoms with Gasteiger partial charge in [-0.3, -0.25) is 14.6 Å². The van der Waals surface area contributed by atoms with E-state index in [2.05, 4.69) is 10.2 Å². The Balaban J connectivity index is 1.66. The van der Waals surface area contributed by atoms with Gasteiger partial charge in [0.05, 0.1) is 22.3 Å². The molecule has 0 amide bonds. The zero-order valence-electron chi connectivity index (χ0n) is 17.5. The average Bonchev–Trinajstić information content (AvgIpc) is 2.80. The van der Waals surface area contributed by atoms with Crippen molar-refractivity contribution in [1.29, 1.82) is 5.26 Å². The van der Waals surface area contributed by atoms with Crippen molar-refractivity contribution >= 4 is 23.2 Å². The van der Waals surface area contributed by atoms with Crippen molar-refractivity contribution in [2.45, 2.75) is 13.5 Å². The van der Waals surface area contributed by atoms with Crippen LogP contribution in [0, 0.1) is 18.3 Å². The van der Waals surface area contributed by atoms with Crippen LogP contribution in [-0.2, 0) is 6.54 Å². The first kappa shape index (κ1) is 23.0. The highest BCUT2D eigenvalue weighted by molar-refractivity contribution is 6.37. The number of aryl methyl sites for hydroxylation is 1. The van der Waals surface area contributed by atoms with Gasteiger partial charge in [-0.25, -0.2) is 9.48 Å². The van der Waals surface area contributed by atoms with E-state index in [0.29, 0.717) is 0 Å². The molecular weight excluding hydrogens is 483 g/mol. The molecule has 4 aromatic rings. The number of nitriles is 1. The van der Waals surface area contributed by atoms with Gasteiger partial charge in [-0.15, -0.1) is 10.2 Å². The standard InChI is InChI=1S/C22H14Cl2N6O4/c1-12-2-4-13(5-3-12)11-29-19(31)7-6-18(28-29)34-20-15(23)8-14(9-16(20)24)30-22(33)26-21(32)17(10-25)27-30/h2-9H,11H2,1H3,(H,26,32,33). The summed E-state index contributed by atoms with van der Waals surface area (Å²) in [7, 11) is 0.